The second kappa shape index (κ2) is 4.97. The summed E-state index contributed by atoms with van der Waals surface area (Å²) in [5.41, 5.74) is -0.369. The van der Waals surface area contributed by atoms with E-state index in [0.29, 0.717) is 6.42 Å². The summed E-state index contributed by atoms with van der Waals surface area (Å²) in [6.45, 7) is 1.91. The molecule has 0 saturated heterocycles. The molecule has 0 saturated carbocycles. The summed E-state index contributed by atoms with van der Waals surface area (Å²) in [5, 5.41) is 0. The predicted octanol–water partition coefficient (Wildman–Crippen LogP) is 0.917. The predicted molar refractivity (Wildman–Crippen MR) is 59.4 cm³/mol. The van der Waals surface area contributed by atoms with E-state index in [4.69, 9.17) is 0 Å². The quantitative estimate of drug-likeness (QED) is 0.789. The van der Waals surface area contributed by atoms with Gasteiger partial charge in [0.05, 0.1) is 5.75 Å². The molecule has 2 N–H and O–H groups in total. The third-order valence-corrected chi connectivity index (χ3v) is 3.21. The van der Waals surface area contributed by atoms with Gasteiger partial charge in [-0.15, -0.1) is 0 Å². The number of rotatable bonds is 5. The topological polar surface area (TPSA) is 79.0 Å². The Labute approximate surface area is 88.6 Å². The fourth-order valence-corrected chi connectivity index (χ4v) is 2.32. The Balaban J connectivity index is 2.78. The average molecular weight is 230 g/mol. The van der Waals surface area contributed by atoms with Crippen LogP contribution in [0.25, 0.3) is 0 Å². The number of pyridine rings is 1. The fourth-order valence-electron chi connectivity index (χ4n) is 1.05. The molecule has 0 spiro atoms. The molecule has 0 atom stereocenters. The molecular formula is C9H14N2O3S. The molecular weight excluding hydrogens is 216 g/mol. The first-order chi connectivity index (χ1) is 7.05. The number of hydrogen-bond acceptors (Lipinski definition) is 3. The number of anilines is 1. The third kappa shape index (κ3) is 3.75. The van der Waals surface area contributed by atoms with Crippen LogP contribution >= 0.6 is 0 Å². The molecule has 15 heavy (non-hydrogen) atoms. The highest BCUT2D eigenvalue weighted by Gasteiger charge is 2.10. The first kappa shape index (κ1) is 11.8. The molecule has 84 valence electrons. The van der Waals surface area contributed by atoms with Gasteiger partial charge in [-0.05, 0) is 18.6 Å². The second-order valence-electron chi connectivity index (χ2n) is 3.19. The Hall–Kier alpha value is -1.30. The lowest BCUT2D eigenvalue weighted by molar-refractivity contribution is 0.598. The Morgan fingerprint density at radius 3 is 2.80 bits per heavy atom. The van der Waals surface area contributed by atoms with Crippen LogP contribution in [0.15, 0.2) is 23.1 Å². The van der Waals surface area contributed by atoms with Gasteiger partial charge in [-0.25, -0.2) is 8.42 Å². The van der Waals surface area contributed by atoms with Crippen molar-refractivity contribution in [1.29, 1.82) is 0 Å². The molecule has 1 aromatic rings. The minimum Gasteiger partial charge on any atom is -0.327 e. The minimum absolute atomic E-state index is 0.0395. The SMILES string of the molecule is CCCCS(=O)(=O)Nc1ccc[nH]c1=O. The van der Waals surface area contributed by atoms with Crippen LogP contribution in [-0.4, -0.2) is 19.2 Å². The van der Waals surface area contributed by atoms with Crippen LogP contribution in [0.1, 0.15) is 19.8 Å². The first-order valence-electron chi connectivity index (χ1n) is 4.73. The van der Waals surface area contributed by atoms with E-state index in [1.54, 1.807) is 6.07 Å². The Bertz CT molecular complexity index is 464. The third-order valence-electron chi connectivity index (χ3n) is 1.85. The molecule has 0 unspecified atom stereocenters. The zero-order valence-corrected chi connectivity index (χ0v) is 9.30. The average Bonchev–Trinajstić information content (AvgIpc) is 2.18. The maximum Gasteiger partial charge on any atom is 0.272 e. The Kier molecular flexibility index (Phi) is 3.90. The van der Waals surface area contributed by atoms with Gasteiger partial charge in [-0.1, -0.05) is 13.3 Å². The summed E-state index contributed by atoms with van der Waals surface area (Å²) in [6, 6.07) is 3.00. The van der Waals surface area contributed by atoms with E-state index in [1.165, 1.54) is 12.3 Å². The van der Waals surface area contributed by atoms with E-state index in [0.717, 1.165) is 6.42 Å². The molecule has 1 aromatic heterocycles. The molecule has 5 nitrogen and oxygen atoms in total. The van der Waals surface area contributed by atoms with E-state index < -0.39 is 15.6 Å². The molecule has 6 heteroatoms. The number of unbranched alkanes of at least 4 members (excludes halogenated alkanes) is 1. The molecule has 0 aliphatic rings. The van der Waals surface area contributed by atoms with E-state index >= 15 is 0 Å². The molecule has 0 aliphatic heterocycles. The van der Waals surface area contributed by atoms with Crippen molar-refractivity contribution >= 4 is 15.7 Å². The van der Waals surface area contributed by atoms with Crippen LogP contribution in [0.4, 0.5) is 5.69 Å². The van der Waals surface area contributed by atoms with Crippen LogP contribution in [0.2, 0.25) is 0 Å². The molecule has 0 radical (unpaired) electrons. The van der Waals surface area contributed by atoms with Crippen molar-refractivity contribution in [2.24, 2.45) is 0 Å². The maximum atomic E-state index is 11.4. The standard InChI is InChI=1S/C9H14N2O3S/c1-2-3-7-15(13,14)11-8-5-4-6-10-9(8)12/h4-6,11H,2-3,7H2,1H3,(H,10,12). The minimum atomic E-state index is -3.39. The van der Waals surface area contributed by atoms with Gasteiger partial charge >= 0.3 is 0 Å². The van der Waals surface area contributed by atoms with Crippen molar-refractivity contribution in [1.82, 2.24) is 4.98 Å². The summed E-state index contributed by atoms with van der Waals surface area (Å²) in [5.74, 6) is 0.0395. The zero-order valence-electron chi connectivity index (χ0n) is 8.49. The van der Waals surface area contributed by atoms with Gasteiger partial charge in [0, 0.05) is 6.20 Å². The number of sulfonamides is 1. The smallest absolute Gasteiger partial charge is 0.272 e. The van der Waals surface area contributed by atoms with Crippen LogP contribution in [0, 0.1) is 0 Å². The lowest BCUT2D eigenvalue weighted by atomic mass is 10.4. The van der Waals surface area contributed by atoms with E-state index in [2.05, 4.69) is 9.71 Å². The maximum absolute atomic E-state index is 11.4. The number of aromatic amines is 1. The van der Waals surface area contributed by atoms with Crippen molar-refractivity contribution in [2.45, 2.75) is 19.8 Å². The van der Waals surface area contributed by atoms with Gasteiger partial charge in [0.15, 0.2) is 0 Å². The lowest BCUT2D eigenvalue weighted by Crippen LogP contribution is -2.21. The number of aromatic nitrogens is 1. The van der Waals surface area contributed by atoms with Gasteiger partial charge < -0.3 is 4.98 Å². The summed E-state index contributed by atoms with van der Waals surface area (Å²) < 4.78 is 25.1. The number of nitrogens with one attached hydrogen (secondary N) is 2. The molecule has 0 fully saturated rings. The van der Waals surface area contributed by atoms with Crippen molar-refractivity contribution in [3.05, 3.63) is 28.7 Å². The van der Waals surface area contributed by atoms with E-state index in [1.807, 2.05) is 6.92 Å². The van der Waals surface area contributed by atoms with Gasteiger partial charge in [0.2, 0.25) is 10.0 Å². The van der Waals surface area contributed by atoms with E-state index in [-0.39, 0.29) is 11.4 Å². The van der Waals surface area contributed by atoms with Crippen LogP contribution in [0.3, 0.4) is 0 Å². The zero-order chi connectivity index (χ0) is 11.3. The normalized spacial score (nSPS) is 11.3. The molecule has 0 bridgehead atoms. The lowest BCUT2D eigenvalue weighted by Gasteiger charge is -2.05. The summed E-state index contributed by atoms with van der Waals surface area (Å²) in [4.78, 5) is 13.6. The summed E-state index contributed by atoms with van der Waals surface area (Å²) >= 11 is 0. The summed E-state index contributed by atoms with van der Waals surface area (Å²) in [6.07, 6.45) is 2.83. The van der Waals surface area contributed by atoms with Gasteiger partial charge in [-0.2, -0.15) is 0 Å². The van der Waals surface area contributed by atoms with E-state index in [9.17, 15) is 13.2 Å². The number of hydrogen-bond donors (Lipinski definition) is 2. The molecule has 0 aromatic carbocycles. The van der Waals surface area contributed by atoms with Crippen LogP contribution in [-0.2, 0) is 10.0 Å². The van der Waals surface area contributed by atoms with Crippen molar-refractivity contribution in [3.63, 3.8) is 0 Å². The number of H-pyrrole nitrogens is 1. The van der Waals surface area contributed by atoms with Crippen LogP contribution < -0.4 is 10.3 Å². The second-order valence-corrected chi connectivity index (χ2v) is 5.03. The molecule has 0 aliphatic carbocycles. The highest BCUT2D eigenvalue weighted by molar-refractivity contribution is 7.92. The van der Waals surface area contributed by atoms with Crippen molar-refractivity contribution in [2.75, 3.05) is 10.5 Å². The molecule has 1 heterocycles. The fraction of sp³-hybridized carbons (Fsp3) is 0.444. The first-order valence-corrected chi connectivity index (χ1v) is 6.38. The Morgan fingerprint density at radius 1 is 1.47 bits per heavy atom. The van der Waals surface area contributed by atoms with Crippen molar-refractivity contribution in [3.8, 4) is 0 Å². The molecule has 0 amide bonds. The monoisotopic (exact) mass is 230 g/mol. The highest BCUT2D eigenvalue weighted by atomic mass is 32.2. The van der Waals surface area contributed by atoms with Gasteiger partial charge in [0.1, 0.15) is 5.69 Å². The Morgan fingerprint density at radius 2 is 2.20 bits per heavy atom. The largest absolute Gasteiger partial charge is 0.327 e. The van der Waals surface area contributed by atoms with Crippen LogP contribution in [0.5, 0.6) is 0 Å². The highest BCUT2D eigenvalue weighted by Crippen LogP contribution is 2.03. The van der Waals surface area contributed by atoms with Gasteiger partial charge in [-0.3, -0.25) is 9.52 Å². The summed E-state index contributed by atoms with van der Waals surface area (Å²) in [7, 11) is -3.39. The molecule has 1 rings (SSSR count). The van der Waals surface area contributed by atoms with Gasteiger partial charge in [0.25, 0.3) is 5.56 Å². The van der Waals surface area contributed by atoms with Crippen molar-refractivity contribution < 1.29 is 8.42 Å².